The highest BCUT2D eigenvalue weighted by Crippen LogP contribution is 2.40. The van der Waals surface area contributed by atoms with Crippen LogP contribution in [-0.2, 0) is 39.6 Å². The Morgan fingerprint density at radius 2 is 1.43 bits per heavy atom. The Kier molecular flexibility index (Phi) is 23.3. The van der Waals surface area contributed by atoms with Crippen molar-refractivity contribution >= 4 is 55.2 Å². The molecule has 1 aromatic rings. The molecule has 0 fully saturated rings. The highest BCUT2D eigenvalue weighted by molar-refractivity contribution is 6.74. The summed E-state index contributed by atoms with van der Waals surface area (Å²) in [5.41, 5.74) is 2.40. The summed E-state index contributed by atoms with van der Waals surface area (Å²) in [6.07, 6.45) is 5.73. The number of amides is 5. The van der Waals surface area contributed by atoms with E-state index in [1.54, 1.807) is 31.2 Å². The zero-order valence-electron chi connectivity index (χ0n) is 41.8. The van der Waals surface area contributed by atoms with Gasteiger partial charge in [-0.15, -0.1) is 0 Å². The highest BCUT2D eigenvalue weighted by atomic mass is 35.5. The van der Waals surface area contributed by atoms with E-state index < -0.39 is 56.1 Å². The van der Waals surface area contributed by atoms with E-state index in [0.29, 0.717) is 29.9 Å². The maximum atomic E-state index is 14.1. The molecule has 3 N–H and O–H groups in total. The van der Waals surface area contributed by atoms with Gasteiger partial charge in [0.15, 0.2) is 14.1 Å². The summed E-state index contributed by atoms with van der Waals surface area (Å²) < 4.78 is 6.93. The third-order valence-electron chi connectivity index (χ3n) is 12.9. The number of benzene rings is 1. The molecule has 1 unspecified atom stereocenters. The Balaban J connectivity index is 3.24. The molecule has 0 saturated carbocycles. The molecule has 0 aliphatic heterocycles. The third-order valence-corrected chi connectivity index (χ3v) is 17.6. The normalized spacial score (nSPS) is 16.4. The predicted octanol–water partition coefficient (Wildman–Crippen LogP) is 8.29. The maximum absolute atomic E-state index is 14.1. The Bertz CT molecular complexity index is 1770. The largest absolute Gasteiger partial charge is 0.410 e. The minimum atomic E-state index is -2.06. The lowest BCUT2D eigenvalue weighted by Gasteiger charge is -2.42. The number of hydrogen-bond acceptors (Lipinski definition) is 7. The molecular formula is C49H82ClN5O7Si. The molecule has 0 radical (unpaired) electrons. The molecule has 14 heteroatoms. The van der Waals surface area contributed by atoms with E-state index in [0.717, 1.165) is 5.56 Å². The minimum absolute atomic E-state index is 0.0395. The first-order valence-corrected chi connectivity index (χ1v) is 25.9. The van der Waals surface area contributed by atoms with Crippen molar-refractivity contribution in [3.05, 3.63) is 58.1 Å². The fourth-order valence-corrected chi connectivity index (χ4v) is 8.45. The van der Waals surface area contributed by atoms with E-state index in [2.05, 4.69) is 76.7 Å². The van der Waals surface area contributed by atoms with Crippen LogP contribution in [0.25, 0.3) is 0 Å². The molecule has 0 bridgehead atoms. The van der Waals surface area contributed by atoms with Gasteiger partial charge in [0, 0.05) is 31.1 Å². The van der Waals surface area contributed by atoms with E-state index in [9.17, 15) is 28.8 Å². The summed E-state index contributed by atoms with van der Waals surface area (Å²) in [7, 11) is 0.889. The smallest absolute Gasteiger partial charge is 0.247 e. The first kappa shape index (κ1) is 57.2. The second kappa shape index (κ2) is 25.6. The average molecular weight is 917 g/mol. The number of carbonyl (C=O) groups is 6. The van der Waals surface area contributed by atoms with Crippen molar-refractivity contribution < 1.29 is 33.2 Å². The molecule has 356 valence electrons. The number of Topliss-reactive ketones (excluding diaryl/α,β-unsaturated/α-hetero) is 1. The van der Waals surface area contributed by atoms with Gasteiger partial charge in [-0.05, 0) is 113 Å². The van der Waals surface area contributed by atoms with Crippen LogP contribution >= 0.6 is 11.6 Å². The number of hydrogen-bond donors (Lipinski definition) is 3. The number of allylic oxidation sites excluding steroid dienone is 2. The Morgan fingerprint density at radius 1 is 0.857 bits per heavy atom. The van der Waals surface area contributed by atoms with Crippen LogP contribution in [0, 0.1) is 23.7 Å². The predicted molar refractivity (Wildman–Crippen MR) is 259 cm³/mol. The average Bonchev–Trinajstić information content (AvgIpc) is 3.20. The van der Waals surface area contributed by atoms with Gasteiger partial charge in [-0.2, -0.15) is 0 Å². The summed E-state index contributed by atoms with van der Waals surface area (Å²) in [4.78, 5) is 83.5. The van der Waals surface area contributed by atoms with Gasteiger partial charge in [-0.3, -0.25) is 28.8 Å². The van der Waals surface area contributed by atoms with Gasteiger partial charge in [-0.1, -0.05) is 105 Å². The van der Waals surface area contributed by atoms with Gasteiger partial charge in [0.05, 0.1) is 18.7 Å². The molecule has 1 rings (SSSR count). The van der Waals surface area contributed by atoms with Crippen LogP contribution in [0.3, 0.4) is 0 Å². The van der Waals surface area contributed by atoms with Gasteiger partial charge in [0.1, 0.15) is 18.1 Å². The van der Waals surface area contributed by atoms with Crippen molar-refractivity contribution in [3.8, 4) is 0 Å². The standard InChI is InChI=1S/C49H82ClN5O7Si/c1-19-31(5)43(37(11)56)53-42(57)29-54(15)48(61)41(28-38-23-25-39(50)26-24-38)55(16)47(60)36(10)51-46(59)40(27-30(3)4)52-45(58)34(8)22-21-33(7)35(9)44(32(6)20-2)62-63(17,18)49(12,13)14/h20,22-26,30-31,33,35-36,40-41,43-44H,19,21,27-29H2,1-18H3,(H,51,59)(H,52,58)(H,53,57)/b32-20+,34-22+/t31-,33-,35-,36-,40+,41+,43?,44+/m0/s1. The number of carbonyl (C=O) groups excluding carboxylic acids is 6. The monoisotopic (exact) mass is 916 g/mol. The molecule has 0 saturated heterocycles. The second-order valence-corrected chi connectivity index (χ2v) is 24.9. The van der Waals surface area contributed by atoms with Crippen molar-refractivity contribution in [1.82, 2.24) is 25.8 Å². The van der Waals surface area contributed by atoms with Crippen LogP contribution in [0.1, 0.15) is 122 Å². The summed E-state index contributed by atoms with van der Waals surface area (Å²) >= 11 is 6.13. The fourth-order valence-electron chi connectivity index (χ4n) is 6.93. The van der Waals surface area contributed by atoms with E-state index >= 15 is 0 Å². The molecule has 5 amide bonds. The minimum Gasteiger partial charge on any atom is -0.410 e. The van der Waals surface area contributed by atoms with Gasteiger partial charge in [0.25, 0.3) is 0 Å². The quantitative estimate of drug-likeness (QED) is 0.0536. The number of rotatable bonds is 24. The SMILES string of the molecule is C/C=C(\C)[C@@H](O[Si](C)(C)C(C)(C)C)[C@@H](C)[C@@H](C)C/C=C(\C)C(=O)N[C@H](CC(C)C)C(=O)N[C@@H](C)C(=O)N(C)[C@H](Cc1ccc(Cl)cc1)C(=O)N(C)CC(=O)NC(C(C)=O)[C@@H](C)CC. The molecule has 1 aromatic carbocycles. The summed E-state index contributed by atoms with van der Waals surface area (Å²) in [6, 6.07) is 3.13. The van der Waals surface area contributed by atoms with Crippen molar-refractivity contribution in [2.24, 2.45) is 23.7 Å². The zero-order valence-corrected chi connectivity index (χ0v) is 43.6. The van der Waals surface area contributed by atoms with Crippen molar-refractivity contribution in [2.75, 3.05) is 20.6 Å². The fraction of sp³-hybridized carbons (Fsp3) is 0.673. The van der Waals surface area contributed by atoms with Crippen LogP contribution in [0.15, 0.2) is 47.6 Å². The second-order valence-electron chi connectivity index (χ2n) is 19.7. The molecule has 0 aliphatic rings. The van der Waals surface area contributed by atoms with Crippen LogP contribution in [-0.4, -0.2) is 104 Å². The van der Waals surface area contributed by atoms with Gasteiger partial charge in [-0.25, -0.2) is 0 Å². The Labute approximate surface area is 386 Å². The van der Waals surface area contributed by atoms with Crippen LogP contribution in [0.4, 0.5) is 0 Å². The molecule has 0 heterocycles. The van der Waals surface area contributed by atoms with E-state index in [1.165, 1.54) is 43.3 Å². The molecule has 0 spiro atoms. The van der Waals surface area contributed by atoms with Gasteiger partial charge < -0.3 is 30.2 Å². The van der Waals surface area contributed by atoms with Crippen molar-refractivity contribution in [1.29, 1.82) is 0 Å². The number of likely N-dealkylation sites (N-methyl/N-ethyl adjacent to an activating group) is 2. The zero-order chi connectivity index (χ0) is 48.7. The molecule has 12 nitrogen and oxygen atoms in total. The molecule has 0 aromatic heterocycles. The lowest BCUT2D eigenvalue weighted by Crippen LogP contribution is -2.57. The van der Waals surface area contributed by atoms with Crippen LogP contribution in [0.2, 0.25) is 23.2 Å². The molecular weight excluding hydrogens is 834 g/mol. The van der Waals surface area contributed by atoms with E-state index in [4.69, 9.17) is 16.0 Å². The summed E-state index contributed by atoms with van der Waals surface area (Å²) in [5, 5.41) is 9.02. The maximum Gasteiger partial charge on any atom is 0.247 e. The number of ketones is 1. The molecule has 0 aliphatic carbocycles. The highest BCUT2D eigenvalue weighted by Gasteiger charge is 2.41. The van der Waals surface area contributed by atoms with Gasteiger partial charge >= 0.3 is 0 Å². The van der Waals surface area contributed by atoms with Crippen LogP contribution in [0.5, 0.6) is 0 Å². The lowest BCUT2D eigenvalue weighted by atomic mass is 9.85. The summed E-state index contributed by atoms with van der Waals surface area (Å²) in [6.45, 7) is 31.8. The van der Waals surface area contributed by atoms with E-state index in [1.807, 2.05) is 40.7 Å². The van der Waals surface area contributed by atoms with Crippen molar-refractivity contribution in [2.45, 2.75) is 171 Å². The molecule has 63 heavy (non-hydrogen) atoms. The Hall–Kier alpha value is -3.81. The number of nitrogens with one attached hydrogen (secondary N) is 3. The van der Waals surface area contributed by atoms with Gasteiger partial charge in [0.2, 0.25) is 29.5 Å². The number of nitrogens with zero attached hydrogens (tertiary/aromatic N) is 2. The van der Waals surface area contributed by atoms with Crippen LogP contribution < -0.4 is 16.0 Å². The van der Waals surface area contributed by atoms with E-state index in [-0.39, 0.29) is 59.5 Å². The first-order chi connectivity index (χ1) is 29.0. The Morgan fingerprint density at radius 3 is 1.92 bits per heavy atom. The molecule has 8 atom stereocenters. The van der Waals surface area contributed by atoms with Crippen molar-refractivity contribution in [3.63, 3.8) is 0 Å². The third kappa shape index (κ3) is 17.9. The first-order valence-electron chi connectivity index (χ1n) is 22.6. The lowest BCUT2D eigenvalue weighted by molar-refractivity contribution is -0.146. The summed E-state index contributed by atoms with van der Waals surface area (Å²) in [5.74, 6) is -2.31. The number of halogens is 1. The topological polar surface area (TPSA) is 154 Å².